The van der Waals surface area contributed by atoms with Crippen molar-refractivity contribution in [2.24, 2.45) is 11.8 Å². The first-order valence-electron chi connectivity index (χ1n) is 25.7. The highest BCUT2D eigenvalue weighted by Crippen LogP contribution is 2.50. The molecule has 0 amide bonds. The van der Waals surface area contributed by atoms with Gasteiger partial charge in [-0.25, -0.2) is 18.1 Å². The van der Waals surface area contributed by atoms with Gasteiger partial charge in [-0.2, -0.15) is 20.4 Å². The van der Waals surface area contributed by atoms with Crippen molar-refractivity contribution in [3.63, 3.8) is 0 Å². The van der Waals surface area contributed by atoms with Gasteiger partial charge < -0.3 is 9.80 Å². The number of carbonyl (C=O) groups is 1. The molecule has 2 unspecified atom stereocenters. The third-order valence-electron chi connectivity index (χ3n) is 16.5. The number of anilines is 2. The molecule has 0 saturated carbocycles. The van der Waals surface area contributed by atoms with E-state index in [1.807, 2.05) is 60.7 Å². The van der Waals surface area contributed by atoms with Crippen molar-refractivity contribution in [3.05, 3.63) is 203 Å². The van der Waals surface area contributed by atoms with E-state index in [2.05, 4.69) is 82.4 Å². The minimum Gasteiger partial charge on any atom is -0.353 e. The molecule has 15 heteroatoms. The molecule has 12 rings (SSSR count). The number of benzene rings is 6. The summed E-state index contributed by atoms with van der Waals surface area (Å²) in [7, 11) is 0. The summed E-state index contributed by atoms with van der Waals surface area (Å²) in [6, 6.07) is 48.7. The minimum absolute atomic E-state index is 0.225. The zero-order chi connectivity index (χ0) is 52.1. The van der Waals surface area contributed by atoms with Gasteiger partial charge in [0.15, 0.2) is 11.6 Å². The molecule has 2 fully saturated rings. The quantitative estimate of drug-likeness (QED) is 0.118. The second kappa shape index (κ2) is 20.0. The Kier molecular flexibility index (Phi) is 12.9. The molecule has 0 spiro atoms. The molecule has 380 valence electrons. The van der Waals surface area contributed by atoms with Crippen LogP contribution in [0.25, 0.3) is 55.7 Å². The van der Waals surface area contributed by atoms with E-state index in [1.54, 1.807) is 46.0 Å². The number of aromatic nitrogens is 8. The van der Waals surface area contributed by atoms with Crippen molar-refractivity contribution in [1.82, 2.24) is 40.0 Å². The van der Waals surface area contributed by atoms with Gasteiger partial charge >= 0.3 is 0 Å². The Hall–Kier alpha value is -7.87. The number of hydrogen-bond donors (Lipinski definition) is 0. The van der Waals surface area contributed by atoms with Crippen molar-refractivity contribution in [2.45, 2.75) is 50.4 Å². The molecule has 6 aromatic carbocycles. The standard InChI is InChI=1S/C61H52Cl2F2N10O/c1-39(60(43-13-5-3-6-14-43)29-33-72(34-30-60)58-53-47(37-66-68-58)55(41-21-25-45(64)26-22-41)74(70-53)51-19-11-9-17-49(51)62)57(76)40(2)61(44-15-7-4-8-16-44)31-35-73(36-32-61)59-54-48(38-67-69-59)56(42-23-27-46(65)28-24-42)75(71-54)52-20-12-10-18-50(52)63/h3-28,37-40H,29-36H2,1-2H3. The summed E-state index contributed by atoms with van der Waals surface area (Å²) in [4.78, 5) is 20.3. The van der Waals surface area contributed by atoms with Crippen LogP contribution >= 0.6 is 23.2 Å². The molecule has 0 bridgehead atoms. The number of piperidine rings is 2. The van der Waals surface area contributed by atoms with Crippen molar-refractivity contribution in [1.29, 1.82) is 0 Å². The number of Topliss-reactive ketones (excluding diaryl/α,β-unsaturated/α-hetero) is 1. The lowest BCUT2D eigenvalue weighted by Crippen LogP contribution is -2.53. The number of fused-ring (bicyclic) bond motifs is 2. The number of halogens is 4. The lowest BCUT2D eigenvalue weighted by molar-refractivity contribution is -0.131. The third-order valence-corrected chi connectivity index (χ3v) is 17.1. The molecule has 2 atom stereocenters. The van der Waals surface area contributed by atoms with Gasteiger partial charge in [-0.15, -0.1) is 10.2 Å². The number of para-hydroxylation sites is 2. The van der Waals surface area contributed by atoms with E-state index in [0.29, 0.717) is 96.0 Å². The molecular formula is C61H52Cl2F2N10O. The van der Waals surface area contributed by atoms with Gasteiger partial charge in [0.1, 0.15) is 28.5 Å². The average molecular weight is 1050 g/mol. The van der Waals surface area contributed by atoms with Crippen LogP contribution in [-0.4, -0.2) is 71.9 Å². The zero-order valence-electron chi connectivity index (χ0n) is 41.9. The Balaban J connectivity index is 0.859. The maximum Gasteiger partial charge on any atom is 0.179 e. The van der Waals surface area contributed by atoms with Gasteiger partial charge in [0.05, 0.1) is 56.0 Å². The van der Waals surface area contributed by atoms with Gasteiger partial charge in [-0.05, 0) is 110 Å². The molecule has 0 N–H and O–H groups in total. The zero-order valence-corrected chi connectivity index (χ0v) is 43.4. The minimum atomic E-state index is -0.493. The van der Waals surface area contributed by atoms with Gasteiger partial charge in [-0.3, -0.25) is 4.79 Å². The summed E-state index contributed by atoms with van der Waals surface area (Å²) < 4.78 is 32.2. The number of hydrogen-bond acceptors (Lipinski definition) is 9. The number of ketones is 1. The molecular weight excluding hydrogens is 998 g/mol. The summed E-state index contributed by atoms with van der Waals surface area (Å²) in [5.74, 6) is 0.120. The van der Waals surface area contributed by atoms with E-state index < -0.39 is 10.8 Å². The van der Waals surface area contributed by atoms with Crippen molar-refractivity contribution >= 4 is 62.4 Å². The second-order valence-electron chi connectivity index (χ2n) is 20.2. The van der Waals surface area contributed by atoms with Crippen molar-refractivity contribution < 1.29 is 13.6 Å². The van der Waals surface area contributed by atoms with Crippen LogP contribution < -0.4 is 9.80 Å². The summed E-state index contributed by atoms with van der Waals surface area (Å²) in [5, 5.41) is 31.4. The summed E-state index contributed by atoms with van der Waals surface area (Å²) >= 11 is 13.6. The van der Waals surface area contributed by atoms with Crippen LogP contribution in [0.4, 0.5) is 20.4 Å². The first-order valence-corrected chi connectivity index (χ1v) is 26.5. The monoisotopic (exact) mass is 1050 g/mol. The van der Waals surface area contributed by atoms with Crippen LogP contribution in [0, 0.1) is 23.5 Å². The Labute approximate surface area is 448 Å². The maximum atomic E-state index is 15.8. The maximum absolute atomic E-state index is 15.8. The first-order chi connectivity index (χ1) is 37.0. The van der Waals surface area contributed by atoms with E-state index in [0.717, 1.165) is 44.4 Å². The Morgan fingerprint density at radius 3 is 1.22 bits per heavy atom. The second-order valence-corrected chi connectivity index (χ2v) is 21.0. The molecule has 2 aliphatic heterocycles. The number of rotatable bonds is 12. The highest BCUT2D eigenvalue weighted by molar-refractivity contribution is 6.32. The molecule has 0 aliphatic carbocycles. The van der Waals surface area contributed by atoms with Gasteiger partial charge in [0, 0.05) is 60.0 Å². The molecule has 2 aliphatic rings. The highest BCUT2D eigenvalue weighted by Gasteiger charge is 2.51. The molecule has 76 heavy (non-hydrogen) atoms. The van der Waals surface area contributed by atoms with Gasteiger partial charge in [-0.1, -0.05) is 122 Å². The van der Waals surface area contributed by atoms with Crippen molar-refractivity contribution in [3.8, 4) is 33.9 Å². The smallest absolute Gasteiger partial charge is 0.179 e. The largest absolute Gasteiger partial charge is 0.353 e. The topological polar surface area (TPSA) is 111 Å². The van der Waals surface area contributed by atoms with Crippen LogP contribution in [-0.2, 0) is 15.6 Å². The predicted molar refractivity (Wildman–Crippen MR) is 297 cm³/mol. The summed E-state index contributed by atoms with van der Waals surface area (Å²) in [5.41, 5.74) is 6.93. The van der Waals surface area contributed by atoms with Crippen LogP contribution in [0.15, 0.2) is 170 Å². The SMILES string of the molecule is CC(C(=O)C(C)C1(c2ccccc2)CCN(c2nncc3c(-c4ccc(F)cc4)n(-c4ccccc4Cl)nc23)CC1)C1(c2ccccc2)CCN(c2nncc3c(-c4ccc(F)cc4)n(-c4ccccc4Cl)nc23)CC1. The average Bonchev–Trinajstić information content (AvgIpc) is 4.14. The summed E-state index contributed by atoms with van der Waals surface area (Å²) in [6.45, 7) is 6.67. The van der Waals surface area contributed by atoms with Gasteiger partial charge in [0.2, 0.25) is 0 Å². The third kappa shape index (κ3) is 8.46. The van der Waals surface area contributed by atoms with E-state index >= 15 is 4.79 Å². The fraction of sp³-hybridized carbons (Fsp3) is 0.230. The lowest BCUT2D eigenvalue weighted by Gasteiger charge is -2.50. The highest BCUT2D eigenvalue weighted by atomic mass is 35.5. The predicted octanol–water partition coefficient (Wildman–Crippen LogP) is 13.5. The van der Waals surface area contributed by atoms with E-state index in [-0.39, 0.29) is 29.3 Å². The van der Waals surface area contributed by atoms with Crippen LogP contribution in [0.3, 0.4) is 0 Å². The normalized spacial score (nSPS) is 16.2. The van der Waals surface area contributed by atoms with Crippen LogP contribution in [0.2, 0.25) is 10.0 Å². The molecule has 10 aromatic rings. The Morgan fingerprint density at radius 1 is 0.500 bits per heavy atom. The van der Waals surface area contributed by atoms with Crippen molar-refractivity contribution in [2.75, 3.05) is 36.0 Å². The molecule has 11 nitrogen and oxygen atoms in total. The van der Waals surface area contributed by atoms with Gasteiger partial charge in [0.25, 0.3) is 0 Å². The molecule has 6 heterocycles. The fourth-order valence-electron chi connectivity index (χ4n) is 12.2. The Morgan fingerprint density at radius 2 is 0.855 bits per heavy atom. The summed E-state index contributed by atoms with van der Waals surface area (Å²) in [6.07, 6.45) is 6.14. The molecule has 0 radical (unpaired) electrons. The van der Waals surface area contributed by atoms with E-state index in [9.17, 15) is 8.78 Å². The fourth-order valence-corrected chi connectivity index (χ4v) is 12.7. The first kappa shape index (κ1) is 49.0. The number of carbonyl (C=O) groups excluding carboxylic acids is 1. The van der Waals surface area contributed by atoms with E-state index in [4.69, 9.17) is 43.6 Å². The van der Waals surface area contributed by atoms with Crippen LogP contribution in [0.1, 0.15) is 50.7 Å². The lowest BCUT2D eigenvalue weighted by atomic mass is 9.57. The van der Waals surface area contributed by atoms with E-state index in [1.165, 1.54) is 24.3 Å². The molecule has 2 saturated heterocycles. The van der Waals surface area contributed by atoms with Crippen LogP contribution in [0.5, 0.6) is 0 Å². The Bertz CT molecular complexity index is 3500. The molecule has 4 aromatic heterocycles. The number of nitrogens with zero attached hydrogens (tertiary/aromatic N) is 10.